The number of sulfonamides is 1. The van der Waals surface area contributed by atoms with Gasteiger partial charge in [-0.1, -0.05) is 6.08 Å². The number of primary sulfonamides is 1. The van der Waals surface area contributed by atoms with Gasteiger partial charge in [-0.05, 0) is 0 Å². The van der Waals surface area contributed by atoms with Crippen molar-refractivity contribution in [1.82, 2.24) is 0 Å². The van der Waals surface area contributed by atoms with Gasteiger partial charge in [-0.2, -0.15) is 0 Å². The van der Waals surface area contributed by atoms with Gasteiger partial charge in [0.1, 0.15) is 0 Å². The molecule has 0 aliphatic carbocycles. The molecular weight excluding hydrogens is 128 g/mol. The van der Waals surface area contributed by atoms with Crippen molar-refractivity contribution in [3.8, 4) is 0 Å². The molecule has 4 nitrogen and oxygen atoms in total. The van der Waals surface area contributed by atoms with E-state index in [0.717, 1.165) is 5.41 Å². The summed E-state index contributed by atoms with van der Waals surface area (Å²) in [7, 11) is -3.45. The van der Waals surface area contributed by atoms with Gasteiger partial charge in [-0.15, -0.1) is 0 Å². The van der Waals surface area contributed by atoms with E-state index in [4.69, 9.17) is 5.73 Å². The summed E-state index contributed by atoms with van der Waals surface area (Å²) in [6, 6.07) is 0. The van der Waals surface area contributed by atoms with Gasteiger partial charge in [0.15, 0.2) is 0 Å². The lowest BCUT2D eigenvalue weighted by Crippen LogP contribution is -2.08. The van der Waals surface area contributed by atoms with Crippen LogP contribution in [0.25, 0.3) is 0 Å². The van der Waals surface area contributed by atoms with Gasteiger partial charge in [0.25, 0.3) is 0 Å². The first-order valence-electron chi connectivity index (χ1n) is 1.95. The van der Waals surface area contributed by atoms with E-state index in [2.05, 4.69) is 5.14 Å². The summed E-state index contributed by atoms with van der Waals surface area (Å²) in [6.45, 7) is 0.191. The molecule has 48 valence electrons. The maximum absolute atomic E-state index is 10.0. The largest absolute Gasteiger partial charge is 0.327 e. The van der Waals surface area contributed by atoms with Gasteiger partial charge < -0.3 is 5.73 Å². The molecule has 0 bridgehead atoms. The molecule has 8 heavy (non-hydrogen) atoms. The van der Waals surface area contributed by atoms with Crippen LogP contribution in [0.5, 0.6) is 0 Å². The fourth-order valence-corrected chi connectivity index (χ4v) is 0.569. The van der Waals surface area contributed by atoms with Crippen molar-refractivity contribution in [3.05, 3.63) is 11.5 Å². The minimum atomic E-state index is -3.45. The van der Waals surface area contributed by atoms with Gasteiger partial charge in [0.05, 0.1) is 0 Å². The third kappa shape index (κ3) is 5.61. The highest BCUT2D eigenvalue weighted by Crippen LogP contribution is 1.76. The van der Waals surface area contributed by atoms with E-state index in [-0.39, 0.29) is 6.54 Å². The van der Waals surface area contributed by atoms with E-state index in [1.165, 1.54) is 6.08 Å². The van der Waals surface area contributed by atoms with Crippen LogP contribution in [0.1, 0.15) is 0 Å². The van der Waals surface area contributed by atoms with E-state index in [9.17, 15) is 8.42 Å². The van der Waals surface area contributed by atoms with Gasteiger partial charge in [-0.25, -0.2) is 13.6 Å². The third-order valence-corrected chi connectivity index (χ3v) is 0.994. The zero-order chi connectivity index (χ0) is 6.62. The fraction of sp³-hybridized carbons (Fsp3) is 0.333. The van der Waals surface area contributed by atoms with Crippen LogP contribution in [0, 0.1) is 0 Å². The zero-order valence-electron chi connectivity index (χ0n) is 4.24. The molecule has 4 N–H and O–H groups in total. The van der Waals surface area contributed by atoms with Crippen molar-refractivity contribution >= 4 is 10.0 Å². The summed E-state index contributed by atoms with van der Waals surface area (Å²) >= 11 is 0. The van der Waals surface area contributed by atoms with Gasteiger partial charge in [0.2, 0.25) is 10.0 Å². The number of nitrogens with two attached hydrogens (primary N) is 2. The van der Waals surface area contributed by atoms with Crippen LogP contribution in [0.15, 0.2) is 11.5 Å². The quantitative estimate of drug-likeness (QED) is 0.497. The molecule has 0 unspecified atom stereocenters. The Balaban J connectivity index is 3.92. The minimum absolute atomic E-state index is 0.191. The molecule has 0 aliphatic heterocycles. The third-order valence-electron chi connectivity index (χ3n) is 0.422. The second-order valence-corrected chi connectivity index (χ2v) is 2.65. The van der Waals surface area contributed by atoms with Crippen LogP contribution in [-0.4, -0.2) is 15.0 Å². The molecule has 5 heteroatoms. The highest BCUT2D eigenvalue weighted by Gasteiger charge is 1.88. The van der Waals surface area contributed by atoms with Crippen LogP contribution in [-0.2, 0) is 10.0 Å². The van der Waals surface area contributed by atoms with Gasteiger partial charge >= 0.3 is 0 Å². The first-order valence-corrected chi connectivity index (χ1v) is 3.56. The Kier molecular flexibility index (Phi) is 2.67. The molecule has 0 atom stereocenters. The smallest absolute Gasteiger partial charge is 0.230 e. The predicted molar refractivity (Wildman–Crippen MR) is 31.3 cm³/mol. The standard InChI is InChI=1S/C3H8N2O2S/c4-2-1-3-8(5,6)7/h1,3H,2,4H2,(H2,5,6,7). The molecule has 0 aromatic carbocycles. The first-order chi connectivity index (χ1) is 3.56. The molecule has 0 rings (SSSR count). The van der Waals surface area contributed by atoms with Crippen molar-refractivity contribution < 1.29 is 8.42 Å². The molecular formula is C3H8N2O2S. The Morgan fingerprint density at radius 3 is 2.12 bits per heavy atom. The Morgan fingerprint density at radius 2 is 2.00 bits per heavy atom. The summed E-state index contributed by atoms with van der Waals surface area (Å²) in [4.78, 5) is 0. The Bertz CT molecular complexity index is 170. The monoisotopic (exact) mass is 136 g/mol. The van der Waals surface area contributed by atoms with E-state index in [0.29, 0.717) is 0 Å². The van der Waals surface area contributed by atoms with Crippen LogP contribution in [0.3, 0.4) is 0 Å². The first kappa shape index (κ1) is 7.61. The molecule has 0 aliphatic rings. The lowest BCUT2D eigenvalue weighted by atomic mass is 10.7. The van der Waals surface area contributed by atoms with E-state index in [1.807, 2.05) is 0 Å². The molecule has 0 saturated heterocycles. The van der Waals surface area contributed by atoms with Gasteiger partial charge in [0, 0.05) is 12.0 Å². The predicted octanol–water partition coefficient (Wildman–Crippen LogP) is -1.25. The molecule has 0 aromatic heterocycles. The highest BCUT2D eigenvalue weighted by atomic mass is 32.2. The topological polar surface area (TPSA) is 86.2 Å². The van der Waals surface area contributed by atoms with E-state index < -0.39 is 10.0 Å². The molecule has 0 saturated carbocycles. The fourth-order valence-electron chi connectivity index (χ4n) is 0.190. The summed E-state index contributed by atoms with van der Waals surface area (Å²) in [5, 5.41) is 5.42. The number of hydrogen-bond acceptors (Lipinski definition) is 3. The second-order valence-electron chi connectivity index (χ2n) is 1.20. The van der Waals surface area contributed by atoms with Crippen molar-refractivity contribution in [2.75, 3.05) is 6.54 Å². The van der Waals surface area contributed by atoms with E-state index >= 15 is 0 Å². The molecule has 0 radical (unpaired) electrons. The Morgan fingerprint density at radius 1 is 1.50 bits per heavy atom. The van der Waals surface area contributed by atoms with Crippen LogP contribution < -0.4 is 10.9 Å². The minimum Gasteiger partial charge on any atom is -0.327 e. The molecule has 0 amide bonds. The average Bonchev–Trinajstić information content (AvgIpc) is 1.59. The van der Waals surface area contributed by atoms with Crippen molar-refractivity contribution in [1.29, 1.82) is 0 Å². The van der Waals surface area contributed by atoms with Crippen molar-refractivity contribution in [3.63, 3.8) is 0 Å². The normalized spacial score (nSPS) is 12.8. The highest BCUT2D eigenvalue weighted by molar-refractivity contribution is 7.92. The summed E-state index contributed by atoms with van der Waals surface area (Å²) in [5.41, 5.74) is 4.93. The van der Waals surface area contributed by atoms with E-state index in [1.54, 1.807) is 0 Å². The lowest BCUT2D eigenvalue weighted by Gasteiger charge is -1.81. The van der Waals surface area contributed by atoms with Crippen LogP contribution in [0.4, 0.5) is 0 Å². The molecule has 0 heterocycles. The number of hydrogen-bond donors (Lipinski definition) is 2. The summed E-state index contributed by atoms with van der Waals surface area (Å²) in [6.07, 6.45) is 1.27. The number of rotatable bonds is 2. The maximum atomic E-state index is 10.0. The SMILES string of the molecule is NCC=CS(N)(=O)=O. The molecule has 0 fully saturated rings. The van der Waals surface area contributed by atoms with Crippen LogP contribution in [0.2, 0.25) is 0 Å². The maximum Gasteiger partial charge on any atom is 0.230 e. The lowest BCUT2D eigenvalue weighted by molar-refractivity contribution is 0.606. The van der Waals surface area contributed by atoms with Crippen molar-refractivity contribution in [2.45, 2.75) is 0 Å². The summed E-state index contributed by atoms with van der Waals surface area (Å²) in [5.74, 6) is 0. The van der Waals surface area contributed by atoms with Crippen LogP contribution >= 0.6 is 0 Å². The molecule has 0 aromatic rings. The second kappa shape index (κ2) is 2.81. The van der Waals surface area contributed by atoms with Gasteiger partial charge in [-0.3, -0.25) is 0 Å². The average molecular weight is 136 g/mol. The zero-order valence-corrected chi connectivity index (χ0v) is 5.06. The Labute approximate surface area is 48.2 Å². The Hall–Kier alpha value is -0.390. The summed E-state index contributed by atoms with van der Waals surface area (Å²) < 4.78 is 20.1. The van der Waals surface area contributed by atoms with Crippen molar-refractivity contribution in [2.24, 2.45) is 10.9 Å². The molecule has 0 spiro atoms.